The lowest BCUT2D eigenvalue weighted by molar-refractivity contribution is -0.163. The Morgan fingerprint density at radius 1 is 1.06 bits per heavy atom. The number of nitriles is 1. The van der Waals surface area contributed by atoms with Gasteiger partial charge in [0.05, 0.1) is 5.56 Å². The van der Waals surface area contributed by atoms with E-state index in [9.17, 15) is 20.3 Å². The van der Waals surface area contributed by atoms with Crippen molar-refractivity contribution in [3.05, 3.63) is 59.8 Å². The molecule has 3 N–H and O–H groups in total. The molecule has 0 spiro atoms. The van der Waals surface area contributed by atoms with Gasteiger partial charge in [0.1, 0.15) is 17.9 Å². The number of carbonyl (C=O) groups excluding carboxylic acids is 1. The van der Waals surface area contributed by atoms with Gasteiger partial charge in [-0.3, -0.25) is 9.69 Å². The van der Waals surface area contributed by atoms with Crippen LogP contribution >= 0.6 is 0 Å². The standard InChI is InChI=1S/C25H26N4O3/c26-15-20-16-27-22-7-6-19(14-21(20)22)17-2-4-18(5-3-17)23(30)28-10-12-29(13-11-28)24(31)25(32)8-1-9-25/h2-7,14,16,23,27,30,32H,1,8-13H2. The number of aliphatic hydroxyl groups is 2. The summed E-state index contributed by atoms with van der Waals surface area (Å²) in [4.78, 5) is 19.3. The zero-order valence-electron chi connectivity index (χ0n) is 17.8. The number of rotatable bonds is 4. The van der Waals surface area contributed by atoms with E-state index in [4.69, 9.17) is 0 Å². The third kappa shape index (κ3) is 3.56. The number of hydrogen-bond donors (Lipinski definition) is 3. The summed E-state index contributed by atoms with van der Waals surface area (Å²) in [5.41, 5.74) is 3.21. The molecule has 3 aromatic rings. The highest BCUT2D eigenvalue weighted by Crippen LogP contribution is 2.34. The van der Waals surface area contributed by atoms with Gasteiger partial charge in [-0.05, 0) is 48.1 Å². The fourth-order valence-electron chi connectivity index (χ4n) is 4.64. The molecule has 1 atom stereocenters. The fourth-order valence-corrected chi connectivity index (χ4v) is 4.64. The average molecular weight is 431 g/mol. The number of piperazine rings is 1. The molecule has 7 heteroatoms. The first-order chi connectivity index (χ1) is 15.5. The summed E-state index contributed by atoms with van der Waals surface area (Å²) in [6.45, 7) is 2.14. The molecule has 1 aliphatic heterocycles. The van der Waals surface area contributed by atoms with E-state index in [0.717, 1.165) is 34.0 Å². The first-order valence-electron chi connectivity index (χ1n) is 11.0. The van der Waals surface area contributed by atoms with Crippen LogP contribution in [0, 0.1) is 11.3 Å². The lowest BCUT2D eigenvalue weighted by Gasteiger charge is -2.43. The zero-order chi connectivity index (χ0) is 22.3. The van der Waals surface area contributed by atoms with Crippen LogP contribution in [-0.4, -0.2) is 62.7 Å². The van der Waals surface area contributed by atoms with Crippen molar-refractivity contribution in [2.24, 2.45) is 0 Å². The third-order valence-corrected chi connectivity index (χ3v) is 6.87. The zero-order valence-corrected chi connectivity index (χ0v) is 17.8. The van der Waals surface area contributed by atoms with E-state index in [1.807, 2.05) is 47.4 Å². The largest absolute Gasteiger partial charge is 0.380 e. The number of hydrogen-bond acceptors (Lipinski definition) is 5. The minimum Gasteiger partial charge on any atom is -0.380 e. The monoisotopic (exact) mass is 430 g/mol. The molecule has 32 heavy (non-hydrogen) atoms. The number of benzene rings is 2. The Kier molecular flexibility index (Phi) is 5.22. The lowest BCUT2D eigenvalue weighted by Crippen LogP contribution is -2.58. The van der Waals surface area contributed by atoms with Crippen molar-refractivity contribution in [2.75, 3.05) is 26.2 Å². The van der Waals surface area contributed by atoms with Crippen LogP contribution in [0.4, 0.5) is 0 Å². The molecule has 0 radical (unpaired) electrons. The van der Waals surface area contributed by atoms with Crippen molar-refractivity contribution in [2.45, 2.75) is 31.1 Å². The van der Waals surface area contributed by atoms with E-state index >= 15 is 0 Å². The third-order valence-electron chi connectivity index (χ3n) is 6.87. The van der Waals surface area contributed by atoms with Gasteiger partial charge >= 0.3 is 0 Å². The Labute approximate surface area is 186 Å². The van der Waals surface area contributed by atoms with Gasteiger partial charge in [0.25, 0.3) is 5.91 Å². The minimum atomic E-state index is -1.16. The van der Waals surface area contributed by atoms with Gasteiger partial charge in [-0.2, -0.15) is 5.26 Å². The Balaban J connectivity index is 1.25. The predicted octanol–water partition coefficient (Wildman–Crippen LogP) is 2.76. The van der Waals surface area contributed by atoms with E-state index in [0.29, 0.717) is 44.6 Å². The van der Waals surface area contributed by atoms with Crippen molar-refractivity contribution >= 4 is 16.8 Å². The molecule has 2 heterocycles. The first-order valence-corrected chi connectivity index (χ1v) is 11.0. The van der Waals surface area contributed by atoms with Crippen LogP contribution in [0.15, 0.2) is 48.7 Å². The summed E-state index contributed by atoms with van der Waals surface area (Å²) < 4.78 is 0. The Bertz CT molecular complexity index is 1180. The summed E-state index contributed by atoms with van der Waals surface area (Å²) in [5, 5.41) is 31.3. The summed E-state index contributed by atoms with van der Waals surface area (Å²) in [6, 6.07) is 16.0. The second-order valence-corrected chi connectivity index (χ2v) is 8.78. The number of carbonyl (C=O) groups is 1. The van der Waals surface area contributed by atoms with E-state index in [2.05, 4.69) is 11.1 Å². The smallest absolute Gasteiger partial charge is 0.254 e. The van der Waals surface area contributed by atoms with E-state index in [1.54, 1.807) is 11.1 Å². The molecule has 2 fully saturated rings. The molecular weight excluding hydrogens is 404 g/mol. The number of aliphatic hydroxyl groups excluding tert-OH is 1. The van der Waals surface area contributed by atoms with Gasteiger partial charge in [0.15, 0.2) is 0 Å². The number of amides is 1. The molecule has 1 saturated carbocycles. The molecule has 1 saturated heterocycles. The molecule has 1 aromatic heterocycles. The summed E-state index contributed by atoms with van der Waals surface area (Å²) >= 11 is 0. The van der Waals surface area contributed by atoms with Crippen LogP contribution in [0.3, 0.4) is 0 Å². The number of nitrogens with one attached hydrogen (secondary N) is 1. The number of nitrogens with zero attached hydrogens (tertiary/aromatic N) is 3. The Morgan fingerprint density at radius 3 is 2.38 bits per heavy atom. The number of aromatic amines is 1. The lowest BCUT2D eigenvalue weighted by atomic mass is 9.79. The molecule has 2 aliphatic rings. The highest BCUT2D eigenvalue weighted by atomic mass is 16.3. The van der Waals surface area contributed by atoms with Crippen LogP contribution < -0.4 is 0 Å². The van der Waals surface area contributed by atoms with Gasteiger partial charge in [0, 0.05) is 43.3 Å². The molecule has 7 nitrogen and oxygen atoms in total. The maximum absolute atomic E-state index is 12.5. The summed E-state index contributed by atoms with van der Waals surface area (Å²) in [5.74, 6) is -0.166. The van der Waals surface area contributed by atoms with Crippen LogP contribution in [0.25, 0.3) is 22.0 Å². The maximum Gasteiger partial charge on any atom is 0.254 e. The molecule has 1 aliphatic carbocycles. The van der Waals surface area contributed by atoms with Gasteiger partial charge in [-0.15, -0.1) is 0 Å². The molecule has 2 aromatic carbocycles. The molecule has 164 valence electrons. The Hall–Kier alpha value is -3.18. The summed E-state index contributed by atoms with van der Waals surface area (Å²) in [6.07, 6.45) is 2.97. The number of fused-ring (bicyclic) bond motifs is 1. The molecule has 1 unspecified atom stereocenters. The highest BCUT2D eigenvalue weighted by molar-refractivity contribution is 5.90. The van der Waals surface area contributed by atoms with Crippen molar-refractivity contribution in [1.29, 1.82) is 5.26 Å². The van der Waals surface area contributed by atoms with Crippen LogP contribution in [0.2, 0.25) is 0 Å². The molecule has 5 rings (SSSR count). The van der Waals surface area contributed by atoms with Crippen LogP contribution in [0.5, 0.6) is 0 Å². The van der Waals surface area contributed by atoms with Gasteiger partial charge in [0.2, 0.25) is 0 Å². The molecule has 1 amide bonds. The predicted molar refractivity (Wildman–Crippen MR) is 120 cm³/mol. The fraction of sp³-hybridized carbons (Fsp3) is 0.360. The van der Waals surface area contributed by atoms with E-state index in [1.165, 1.54) is 0 Å². The van der Waals surface area contributed by atoms with Gasteiger partial charge < -0.3 is 20.1 Å². The second kappa shape index (κ2) is 8.06. The average Bonchev–Trinajstić information content (AvgIpc) is 3.24. The van der Waals surface area contributed by atoms with Gasteiger partial charge in [-0.1, -0.05) is 30.3 Å². The topological polar surface area (TPSA) is 104 Å². The SMILES string of the molecule is N#Cc1c[nH]c2ccc(-c3ccc(C(O)N4CCN(C(=O)C5(O)CCC5)CC4)cc3)cc12. The second-order valence-electron chi connectivity index (χ2n) is 8.78. The number of aromatic nitrogens is 1. The molecule has 0 bridgehead atoms. The van der Waals surface area contributed by atoms with E-state index in [-0.39, 0.29) is 5.91 Å². The highest BCUT2D eigenvalue weighted by Gasteiger charge is 2.45. The van der Waals surface area contributed by atoms with Crippen LogP contribution in [0.1, 0.15) is 36.6 Å². The minimum absolute atomic E-state index is 0.166. The van der Waals surface area contributed by atoms with Crippen molar-refractivity contribution in [3.63, 3.8) is 0 Å². The van der Waals surface area contributed by atoms with Crippen molar-refractivity contribution in [3.8, 4) is 17.2 Å². The first kappa shape index (κ1) is 20.7. The number of H-pyrrole nitrogens is 1. The molecular formula is C25H26N4O3. The maximum atomic E-state index is 12.5. The summed E-state index contributed by atoms with van der Waals surface area (Å²) in [7, 11) is 0. The van der Waals surface area contributed by atoms with Gasteiger partial charge in [-0.25, -0.2) is 0 Å². The van der Waals surface area contributed by atoms with Crippen molar-refractivity contribution in [1.82, 2.24) is 14.8 Å². The normalized spacial score (nSPS) is 19.3. The van der Waals surface area contributed by atoms with Crippen molar-refractivity contribution < 1.29 is 15.0 Å². The quantitative estimate of drug-likeness (QED) is 0.591. The van der Waals surface area contributed by atoms with Crippen LogP contribution in [-0.2, 0) is 4.79 Å². The van der Waals surface area contributed by atoms with E-state index < -0.39 is 11.8 Å². The Morgan fingerprint density at radius 2 is 1.75 bits per heavy atom.